The van der Waals surface area contributed by atoms with Gasteiger partial charge in [0.1, 0.15) is 24.4 Å². The molecule has 0 aliphatic carbocycles. The van der Waals surface area contributed by atoms with Gasteiger partial charge in [0.25, 0.3) is 0 Å². The molecule has 1 N–H and O–H groups in total. The van der Waals surface area contributed by atoms with Crippen molar-refractivity contribution in [1.82, 2.24) is 0 Å². The zero-order valence-corrected chi connectivity index (χ0v) is 19.4. The third-order valence-corrected chi connectivity index (χ3v) is 5.85. The van der Waals surface area contributed by atoms with E-state index in [0.29, 0.717) is 19.8 Å². The summed E-state index contributed by atoms with van der Waals surface area (Å²) in [5, 5.41) is 10.9. The fourth-order valence-corrected chi connectivity index (χ4v) is 4.08. The molecule has 180 valence electrons. The molecule has 1 aliphatic heterocycles. The molecule has 1 heterocycles. The average Bonchev–Trinajstić information content (AvgIpc) is 2.88. The first-order chi connectivity index (χ1) is 16.7. The summed E-state index contributed by atoms with van der Waals surface area (Å²) in [5.41, 5.74) is 3.09. The van der Waals surface area contributed by atoms with Gasteiger partial charge in [-0.15, -0.1) is 0 Å². The Hall–Kier alpha value is -2.58. The van der Waals surface area contributed by atoms with Gasteiger partial charge in [0, 0.05) is 7.11 Å². The van der Waals surface area contributed by atoms with Gasteiger partial charge in [-0.1, -0.05) is 91.0 Å². The molecular formula is C28H32O6. The predicted molar refractivity (Wildman–Crippen MR) is 128 cm³/mol. The lowest BCUT2D eigenvalue weighted by molar-refractivity contribution is -0.312. The first-order valence-electron chi connectivity index (χ1n) is 11.5. The summed E-state index contributed by atoms with van der Waals surface area (Å²) in [6.45, 7) is 1.38. The van der Waals surface area contributed by atoms with Gasteiger partial charge >= 0.3 is 0 Å². The molecule has 3 aromatic rings. The van der Waals surface area contributed by atoms with Crippen molar-refractivity contribution in [2.75, 3.05) is 13.7 Å². The molecule has 0 amide bonds. The minimum atomic E-state index is -1.18. The van der Waals surface area contributed by atoms with E-state index in [1.54, 1.807) is 7.11 Å². The van der Waals surface area contributed by atoms with Gasteiger partial charge in [-0.25, -0.2) is 0 Å². The van der Waals surface area contributed by atoms with Gasteiger partial charge in [0.15, 0.2) is 6.29 Å². The van der Waals surface area contributed by atoms with Crippen LogP contribution in [0.5, 0.6) is 0 Å². The van der Waals surface area contributed by atoms with Crippen LogP contribution in [0.1, 0.15) is 16.7 Å². The fourth-order valence-electron chi connectivity index (χ4n) is 4.08. The van der Waals surface area contributed by atoms with Crippen LogP contribution in [-0.4, -0.2) is 49.5 Å². The van der Waals surface area contributed by atoms with E-state index in [0.717, 1.165) is 16.7 Å². The smallest absolute Gasteiger partial charge is 0.184 e. The Morgan fingerprint density at radius 3 is 1.62 bits per heavy atom. The number of hydrogen-bond donors (Lipinski definition) is 1. The van der Waals surface area contributed by atoms with Gasteiger partial charge < -0.3 is 28.8 Å². The Morgan fingerprint density at radius 1 is 0.647 bits per heavy atom. The van der Waals surface area contributed by atoms with Crippen LogP contribution in [0.25, 0.3) is 0 Å². The van der Waals surface area contributed by atoms with Crippen LogP contribution >= 0.6 is 0 Å². The molecule has 0 saturated carbocycles. The van der Waals surface area contributed by atoms with E-state index in [-0.39, 0.29) is 6.61 Å². The summed E-state index contributed by atoms with van der Waals surface area (Å²) in [5.74, 6) is 0. The highest BCUT2D eigenvalue weighted by Gasteiger charge is 2.47. The van der Waals surface area contributed by atoms with Gasteiger partial charge in [-0.3, -0.25) is 0 Å². The molecule has 6 nitrogen and oxygen atoms in total. The second-order valence-electron chi connectivity index (χ2n) is 8.29. The van der Waals surface area contributed by atoms with Gasteiger partial charge in [0.2, 0.25) is 0 Å². The zero-order valence-electron chi connectivity index (χ0n) is 19.4. The van der Waals surface area contributed by atoms with Crippen molar-refractivity contribution in [3.8, 4) is 0 Å². The lowest BCUT2D eigenvalue weighted by atomic mass is 9.98. The summed E-state index contributed by atoms with van der Waals surface area (Å²) in [7, 11) is 1.61. The predicted octanol–water partition coefficient (Wildman–Crippen LogP) is 4.11. The Kier molecular flexibility index (Phi) is 9.21. The Labute approximate surface area is 201 Å². The number of hydrogen-bond acceptors (Lipinski definition) is 6. The summed E-state index contributed by atoms with van der Waals surface area (Å²) >= 11 is 0. The van der Waals surface area contributed by atoms with E-state index in [4.69, 9.17) is 23.7 Å². The van der Waals surface area contributed by atoms with Gasteiger partial charge in [0.05, 0.1) is 26.4 Å². The topological polar surface area (TPSA) is 66.4 Å². The zero-order chi connectivity index (χ0) is 23.6. The largest absolute Gasteiger partial charge is 0.376 e. The van der Waals surface area contributed by atoms with Crippen molar-refractivity contribution >= 4 is 0 Å². The van der Waals surface area contributed by atoms with E-state index in [2.05, 4.69) is 0 Å². The van der Waals surface area contributed by atoms with Gasteiger partial charge in [-0.2, -0.15) is 0 Å². The fraction of sp³-hybridized carbons (Fsp3) is 0.357. The highest BCUT2D eigenvalue weighted by atomic mass is 16.7. The summed E-state index contributed by atoms with van der Waals surface area (Å²) in [4.78, 5) is 0. The minimum Gasteiger partial charge on any atom is -0.376 e. The van der Waals surface area contributed by atoms with E-state index in [1.165, 1.54) is 0 Å². The van der Waals surface area contributed by atoms with Crippen LogP contribution in [0.15, 0.2) is 91.0 Å². The van der Waals surface area contributed by atoms with Gasteiger partial charge in [-0.05, 0) is 16.7 Å². The van der Waals surface area contributed by atoms with Crippen LogP contribution in [0.2, 0.25) is 0 Å². The maximum Gasteiger partial charge on any atom is 0.184 e. The summed E-state index contributed by atoms with van der Waals surface area (Å²) < 4.78 is 30.0. The Morgan fingerprint density at radius 2 is 1.12 bits per heavy atom. The molecular weight excluding hydrogens is 432 g/mol. The van der Waals surface area contributed by atoms with E-state index in [1.807, 2.05) is 91.0 Å². The third-order valence-electron chi connectivity index (χ3n) is 5.85. The number of rotatable bonds is 11. The molecule has 1 saturated heterocycles. The molecule has 1 fully saturated rings. The second-order valence-corrected chi connectivity index (χ2v) is 8.29. The maximum atomic E-state index is 10.9. The normalized spacial score (nSPS) is 24.7. The van der Waals surface area contributed by atoms with Crippen molar-refractivity contribution in [2.45, 2.75) is 50.5 Å². The number of aliphatic hydroxyl groups is 1. The highest BCUT2D eigenvalue weighted by molar-refractivity contribution is 5.15. The highest BCUT2D eigenvalue weighted by Crippen LogP contribution is 2.29. The van der Waals surface area contributed by atoms with Crippen molar-refractivity contribution in [3.63, 3.8) is 0 Å². The Balaban J connectivity index is 1.45. The number of aliphatic hydroxyl groups excluding tert-OH is 1. The summed E-state index contributed by atoms with van der Waals surface area (Å²) in [6.07, 6.45) is -3.45. The molecule has 2 unspecified atom stereocenters. The average molecular weight is 465 g/mol. The molecule has 0 bridgehead atoms. The van der Waals surface area contributed by atoms with Crippen molar-refractivity contribution in [1.29, 1.82) is 0 Å². The molecule has 0 aromatic heterocycles. The van der Waals surface area contributed by atoms with Crippen LogP contribution in [0.4, 0.5) is 0 Å². The third kappa shape index (κ3) is 6.73. The molecule has 6 heteroatoms. The first-order valence-corrected chi connectivity index (χ1v) is 11.5. The first kappa shape index (κ1) is 24.5. The van der Waals surface area contributed by atoms with Crippen molar-refractivity contribution in [2.24, 2.45) is 0 Å². The standard InChI is InChI=1S/C28H32O6/c1-30-25-24(20-31-17-21-11-5-2-6-12-21)34-28(29)27(33-19-23-15-9-4-10-16-23)26(25)32-18-22-13-7-3-8-14-22/h2-16,24-29H,17-20H2,1H3/t24?,25-,26+,27?,28-/m1/s1. The number of benzene rings is 3. The molecule has 0 radical (unpaired) electrons. The van der Waals surface area contributed by atoms with Crippen molar-refractivity contribution < 1.29 is 28.8 Å². The molecule has 3 aromatic carbocycles. The molecule has 5 atom stereocenters. The summed E-state index contributed by atoms with van der Waals surface area (Å²) in [6, 6.07) is 29.6. The quantitative estimate of drug-likeness (QED) is 0.461. The second kappa shape index (κ2) is 12.8. The van der Waals surface area contributed by atoms with E-state index in [9.17, 15) is 5.11 Å². The monoisotopic (exact) mass is 464 g/mol. The number of methoxy groups -OCH3 is 1. The van der Waals surface area contributed by atoms with Crippen LogP contribution in [0, 0.1) is 0 Å². The molecule has 1 aliphatic rings. The minimum absolute atomic E-state index is 0.251. The van der Waals surface area contributed by atoms with Crippen LogP contribution < -0.4 is 0 Å². The molecule has 34 heavy (non-hydrogen) atoms. The lowest BCUT2D eigenvalue weighted by Gasteiger charge is -2.44. The van der Waals surface area contributed by atoms with E-state index >= 15 is 0 Å². The molecule has 0 spiro atoms. The number of ether oxygens (including phenoxy) is 5. The van der Waals surface area contributed by atoms with Crippen LogP contribution in [0.3, 0.4) is 0 Å². The van der Waals surface area contributed by atoms with Crippen LogP contribution in [-0.2, 0) is 43.5 Å². The maximum absolute atomic E-state index is 10.9. The molecule has 4 rings (SSSR count). The SMILES string of the molecule is CO[C@@H]1C(COCc2ccccc2)O[C@@H](O)C(OCc2ccccc2)[C@H]1OCc1ccccc1. The Bertz CT molecular complexity index is 952. The van der Waals surface area contributed by atoms with E-state index < -0.39 is 30.7 Å². The lowest BCUT2D eigenvalue weighted by Crippen LogP contribution is -2.61. The van der Waals surface area contributed by atoms with Crippen molar-refractivity contribution in [3.05, 3.63) is 108 Å².